The summed E-state index contributed by atoms with van der Waals surface area (Å²) in [6.07, 6.45) is 4.88. The number of carbonyl (C=O) groups excluding carboxylic acids is 1. The second kappa shape index (κ2) is 6.95. The van der Waals surface area contributed by atoms with Gasteiger partial charge < -0.3 is 4.90 Å². The normalized spacial score (nSPS) is 19.5. The van der Waals surface area contributed by atoms with Crippen LogP contribution in [0.2, 0.25) is 0 Å². The van der Waals surface area contributed by atoms with Gasteiger partial charge in [0.15, 0.2) is 0 Å². The molecule has 1 aromatic carbocycles. The molecule has 2 rings (SSSR count). The molecule has 0 bridgehead atoms. The largest absolute Gasteiger partial charge is 0.339 e. The number of nitrogens with zero attached hydrogens (tertiary/aromatic N) is 1. The molecule has 1 amide bonds. The Bertz CT molecular complexity index is 431. The quantitative estimate of drug-likeness (QED) is 0.772. The minimum absolute atomic E-state index is 0.254. The van der Waals surface area contributed by atoms with Crippen molar-refractivity contribution in [3.8, 4) is 0 Å². The molecule has 1 saturated heterocycles. The van der Waals surface area contributed by atoms with Crippen LogP contribution in [0.5, 0.6) is 0 Å². The SMILES string of the molecule is Cc1ccccc1CC(=O)N1CCCCC1CCCl. The molecule has 1 aromatic rings. The van der Waals surface area contributed by atoms with Gasteiger partial charge in [0.1, 0.15) is 0 Å². The van der Waals surface area contributed by atoms with Crippen LogP contribution < -0.4 is 0 Å². The molecule has 0 aliphatic carbocycles. The Balaban J connectivity index is 2.03. The third-order valence-electron chi connectivity index (χ3n) is 3.99. The molecule has 1 fully saturated rings. The van der Waals surface area contributed by atoms with Gasteiger partial charge in [-0.05, 0) is 43.7 Å². The maximum absolute atomic E-state index is 12.5. The highest BCUT2D eigenvalue weighted by atomic mass is 35.5. The Kier molecular flexibility index (Phi) is 5.26. The summed E-state index contributed by atoms with van der Waals surface area (Å²) in [6.45, 7) is 2.96. The number of likely N-dealkylation sites (tertiary alicyclic amines) is 1. The van der Waals surface area contributed by atoms with Crippen LogP contribution in [0.1, 0.15) is 36.8 Å². The number of halogens is 1. The predicted molar refractivity (Wildman–Crippen MR) is 79.6 cm³/mol. The van der Waals surface area contributed by atoms with Gasteiger partial charge in [0.05, 0.1) is 6.42 Å². The van der Waals surface area contributed by atoms with E-state index in [0.29, 0.717) is 18.3 Å². The summed E-state index contributed by atoms with van der Waals surface area (Å²) in [5, 5.41) is 0. The molecule has 1 atom stereocenters. The Morgan fingerprint density at radius 3 is 2.89 bits per heavy atom. The summed E-state index contributed by atoms with van der Waals surface area (Å²) >= 11 is 5.85. The first-order valence-corrected chi connectivity index (χ1v) is 7.65. The van der Waals surface area contributed by atoms with Crippen LogP contribution in [-0.2, 0) is 11.2 Å². The van der Waals surface area contributed by atoms with E-state index in [9.17, 15) is 4.79 Å². The van der Waals surface area contributed by atoms with Gasteiger partial charge in [0, 0.05) is 18.5 Å². The number of piperidine rings is 1. The fourth-order valence-electron chi connectivity index (χ4n) is 2.83. The molecular weight excluding hydrogens is 258 g/mol. The van der Waals surface area contributed by atoms with Crippen molar-refractivity contribution in [3.05, 3.63) is 35.4 Å². The van der Waals surface area contributed by atoms with Gasteiger partial charge in [-0.15, -0.1) is 11.6 Å². The van der Waals surface area contributed by atoms with Crippen molar-refractivity contribution in [1.82, 2.24) is 4.90 Å². The number of aryl methyl sites for hydroxylation is 1. The summed E-state index contributed by atoms with van der Waals surface area (Å²) in [6, 6.07) is 8.48. The second-order valence-corrected chi connectivity index (χ2v) is 5.70. The van der Waals surface area contributed by atoms with E-state index in [2.05, 4.69) is 17.9 Å². The summed E-state index contributed by atoms with van der Waals surface area (Å²) < 4.78 is 0. The lowest BCUT2D eigenvalue weighted by Gasteiger charge is -2.35. The average Bonchev–Trinajstić information content (AvgIpc) is 2.42. The molecule has 0 N–H and O–H groups in total. The first-order chi connectivity index (χ1) is 9.22. The zero-order valence-corrected chi connectivity index (χ0v) is 12.3. The van der Waals surface area contributed by atoms with Crippen LogP contribution in [0.15, 0.2) is 24.3 Å². The van der Waals surface area contributed by atoms with Crippen LogP contribution in [0.3, 0.4) is 0 Å². The van der Waals surface area contributed by atoms with Crippen molar-refractivity contribution < 1.29 is 4.79 Å². The molecule has 0 radical (unpaired) electrons. The smallest absolute Gasteiger partial charge is 0.227 e. The van der Waals surface area contributed by atoms with E-state index in [1.807, 2.05) is 18.2 Å². The number of benzene rings is 1. The predicted octanol–water partition coefficient (Wildman–Crippen LogP) is 3.55. The highest BCUT2D eigenvalue weighted by Crippen LogP contribution is 2.21. The molecule has 3 heteroatoms. The van der Waals surface area contributed by atoms with Crippen molar-refractivity contribution in [2.75, 3.05) is 12.4 Å². The summed E-state index contributed by atoms with van der Waals surface area (Å²) in [5.74, 6) is 0.892. The molecule has 0 aromatic heterocycles. The minimum Gasteiger partial charge on any atom is -0.339 e. The van der Waals surface area contributed by atoms with Gasteiger partial charge in [-0.25, -0.2) is 0 Å². The van der Waals surface area contributed by atoms with E-state index < -0.39 is 0 Å². The Hall–Kier alpha value is -1.02. The molecule has 1 heterocycles. The second-order valence-electron chi connectivity index (χ2n) is 5.32. The lowest BCUT2D eigenvalue weighted by atomic mass is 9.98. The highest BCUT2D eigenvalue weighted by molar-refractivity contribution is 6.17. The van der Waals surface area contributed by atoms with Crippen molar-refractivity contribution in [1.29, 1.82) is 0 Å². The molecule has 1 unspecified atom stereocenters. The van der Waals surface area contributed by atoms with Crippen molar-refractivity contribution >= 4 is 17.5 Å². The fourth-order valence-corrected chi connectivity index (χ4v) is 3.08. The van der Waals surface area contributed by atoms with E-state index in [0.717, 1.165) is 31.4 Å². The Morgan fingerprint density at radius 2 is 2.16 bits per heavy atom. The number of amides is 1. The molecule has 0 spiro atoms. The number of hydrogen-bond donors (Lipinski definition) is 0. The molecule has 104 valence electrons. The van der Waals surface area contributed by atoms with Crippen molar-refractivity contribution in [2.45, 2.75) is 45.1 Å². The van der Waals surface area contributed by atoms with E-state index in [-0.39, 0.29) is 5.91 Å². The standard InChI is InChI=1S/C16H22ClNO/c1-13-6-2-3-7-14(13)12-16(19)18-11-5-4-8-15(18)9-10-17/h2-3,6-7,15H,4-5,8-12H2,1H3. The Morgan fingerprint density at radius 1 is 1.37 bits per heavy atom. The van der Waals surface area contributed by atoms with Gasteiger partial charge in [-0.2, -0.15) is 0 Å². The highest BCUT2D eigenvalue weighted by Gasteiger charge is 2.26. The molecule has 19 heavy (non-hydrogen) atoms. The monoisotopic (exact) mass is 279 g/mol. The minimum atomic E-state index is 0.254. The van der Waals surface area contributed by atoms with E-state index in [1.165, 1.54) is 12.0 Å². The van der Waals surface area contributed by atoms with Gasteiger partial charge in [-0.1, -0.05) is 24.3 Å². The summed E-state index contributed by atoms with van der Waals surface area (Å²) in [4.78, 5) is 14.5. The van der Waals surface area contributed by atoms with Crippen molar-refractivity contribution in [3.63, 3.8) is 0 Å². The summed E-state index contributed by atoms with van der Waals surface area (Å²) in [5.41, 5.74) is 2.34. The average molecular weight is 280 g/mol. The van der Waals surface area contributed by atoms with Crippen LogP contribution in [0.25, 0.3) is 0 Å². The van der Waals surface area contributed by atoms with Crippen molar-refractivity contribution in [2.24, 2.45) is 0 Å². The van der Waals surface area contributed by atoms with E-state index >= 15 is 0 Å². The van der Waals surface area contributed by atoms with Gasteiger partial charge in [0.2, 0.25) is 5.91 Å². The first kappa shape index (κ1) is 14.4. The molecule has 1 aliphatic rings. The fraction of sp³-hybridized carbons (Fsp3) is 0.562. The third-order valence-corrected chi connectivity index (χ3v) is 4.21. The molecule has 1 aliphatic heterocycles. The number of alkyl halides is 1. The van der Waals surface area contributed by atoms with Crippen LogP contribution in [-0.4, -0.2) is 29.3 Å². The maximum atomic E-state index is 12.5. The molecular formula is C16H22ClNO. The summed E-state index contributed by atoms with van der Waals surface area (Å²) in [7, 11) is 0. The van der Waals surface area contributed by atoms with Crippen LogP contribution >= 0.6 is 11.6 Å². The lowest BCUT2D eigenvalue weighted by molar-refractivity contribution is -0.134. The Labute approximate surface area is 120 Å². The van der Waals surface area contributed by atoms with E-state index in [1.54, 1.807) is 0 Å². The van der Waals surface area contributed by atoms with Gasteiger partial charge >= 0.3 is 0 Å². The zero-order chi connectivity index (χ0) is 13.7. The van der Waals surface area contributed by atoms with E-state index in [4.69, 9.17) is 11.6 Å². The molecule has 2 nitrogen and oxygen atoms in total. The zero-order valence-electron chi connectivity index (χ0n) is 11.6. The number of carbonyl (C=O) groups is 1. The lowest BCUT2D eigenvalue weighted by Crippen LogP contribution is -2.44. The topological polar surface area (TPSA) is 20.3 Å². The number of hydrogen-bond acceptors (Lipinski definition) is 1. The van der Waals surface area contributed by atoms with Crippen LogP contribution in [0.4, 0.5) is 0 Å². The van der Waals surface area contributed by atoms with Gasteiger partial charge in [0.25, 0.3) is 0 Å². The first-order valence-electron chi connectivity index (χ1n) is 7.12. The maximum Gasteiger partial charge on any atom is 0.227 e. The third kappa shape index (κ3) is 3.73. The number of rotatable bonds is 4. The van der Waals surface area contributed by atoms with Gasteiger partial charge in [-0.3, -0.25) is 4.79 Å². The molecule has 0 saturated carbocycles. The van der Waals surface area contributed by atoms with Crippen LogP contribution in [0, 0.1) is 6.92 Å².